The molecule has 4 rings (SSSR count). The van der Waals surface area contributed by atoms with Gasteiger partial charge in [-0.3, -0.25) is 0 Å². The second kappa shape index (κ2) is 7.03. The van der Waals surface area contributed by atoms with Gasteiger partial charge in [0.25, 0.3) is 0 Å². The number of benzene rings is 3. The van der Waals surface area contributed by atoms with Crippen LogP contribution in [-0.4, -0.2) is 5.97 Å². The van der Waals surface area contributed by atoms with Crippen molar-refractivity contribution in [3.8, 4) is 16.9 Å². The highest BCUT2D eigenvalue weighted by atomic mass is 16.5. The number of hydrogen-bond acceptors (Lipinski definition) is 2. The number of carbonyl (C=O) groups is 1. The minimum atomic E-state index is -0.326. The van der Waals surface area contributed by atoms with E-state index >= 15 is 0 Å². The summed E-state index contributed by atoms with van der Waals surface area (Å²) in [5.74, 6) is 0.941. The predicted molar refractivity (Wildman–Crippen MR) is 109 cm³/mol. The van der Waals surface area contributed by atoms with Gasteiger partial charge in [0.1, 0.15) is 5.75 Å². The first-order valence-electron chi connectivity index (χ1n) is 9.52. The van der Waals surface area contributed by atoms with Crippen molar-refractivity contribution in [2.45, 2.75) is 33.6 Å². The molecule has 0 spiro atoms. The monoisotopic (exact) mass is 356 g/mol. The Hall–Kier alpha value is -2.87. The molecule has 2 nitrogen and oxygen atoms in total. The molecule has 1 unspecified atom stereocenters. The number of carbonyl (C=O) groups excluding carboxylic acids is 1. The van der Waals surface area contributed by atoms with E-state index in [2.05, 4.69) is 26.0 Å². The third-order valence-electron chi connectivity index (χ3n) is 5.43. The van der Waals surface area contributed by atoms with Crippen LogP contribution in [0, 0.1) is 19.8 Å². The quantitative estimate of drug-likeness (QED) is 0.430. The molecule has 0 bridgehead atoms. The fraction of sp³-hybridized carbons (Fsp3) is 0.240. The molecule has 0 amide bonds. The van der Waals surface area contributed by atoms with Gasteiger partial charge in [-0.2, -0.15) is 0 Å². The van der Waals surface area contributed by atoms with E-state index in [0.717, 1.165) is 24.0 Å². The summed E-state index contributed by atoms with van der Waals surface area (Å²) in [6.45, 7) is 6.52. The first kappa shape index (κ1) is 17.5. The molecule has 0 saturated carbocycles. The first-order chi connectivity index (χ1) is 13.0. The molecule has 0 aromatic heterocycles. The van der Waals surface area contributed by atoms with Crippen molar-refractivity contribution in [2.24, 2.45) is 5.92 Å². The van der Waals surface area contributed by atoms with Crippen molar-refractivity contribution in [3.05, 3.63) is 88.5 Å². The molecule has 0 N–H and O–H groups in total. The van der Waals surface area contributed by atoms with Crippen molar-refractivity contribution in [1.82, 2.24) is 0 Å². The van der Waals surface area contributed by atoms with Crippen LogP contribution >= 0.6 is 0 Å². The van der Waals surface area contributed by atoms with E-state index in [-0.39, 0.29) is 5.97 Å². The summed E-state index contributed by atoms with van der Waals surface area (Å²) in [6.07, 6.45) is 2.29. The summed E-state index contributed by atoms with van der Waals surface area (Å²) in [6, 6.07) is 19.7. The van der Waals surface area contributed by atoms with Crippen molar-refractivity contribution < 1.29 is 9.53 Å². The molecule has 136 valence electrons. The molecular weight excluding hydrogens is 332 g/mol. The van der Waals surface area contributed by atoms with Crippen LogP contribution < -0.4 is 4.74 Å². The summed E-state index contributed by atoms with van der Waals surface area (Å²) in [4.78, 5) is 12.4. The number of ether oxygens (including phenoxy) is 1. The van der Waals surface area contributed by atoms with Crippen LogP contribution in [0.4, 0.5) is 0 Å². The van der Waals surface area contributed by atoms with E-state index < -0.39 is 0 Å². The Morgan fingerprint density at radius 1 is 0.852 bits per heavy atom. The minimum Gasteiger partial charge on any atom is -0.423 e. The lowest BCUT2D eigenvalue weighted by molar-refractivity contribution is 0.0735. The average molecular weight is 356 g/mol. The van der Waals surface area contributed by atoms with Crippen LogP contribution in [0.5, 0.6) is 5.75 Å². The largest absolute Gasteiger partial charge is 0.423 e. The third-order valence-corrected chi connectivity index (χ3v) is 5.43. The fourth-order valence-electron chi connectivity index (χ4n) is 3.93. The molecule has 3 aromatic rings. The van der Waals surface area contributed by atoms with E-state index in [1.54, 1.807) is 0 Å². The van der Waals surface area contributed by atoms with Gasteiger partial charge in [-0.1, -0.05) is 48.9 Å². The summed E-state index contributed by atoms with van der Waals surface area (Å²) in [7, 11) is 0. The van der Waals surface area contributed by atoms with E-state index in [4.69, 9.17) is 4.74 Å². The molecule has 1 aliphatic carbocycles. The molecule has 0 aliphatic heterocycles. The lowest BCUT2D eigenvalue weighted by Crippen LogP contribution is -2.08. The van der Waals surface area contributed by atoms with Crippen LogP contribution in [0.3, 0.4) is 0 Å². The van der Waals surface area contributed by atoms with Gasteiger partial charge in [0, 0.05) is 0 Å². The van der Waals surface area contributed by atoms with Crippen molar-refractivity contribution in [3.63, 3.8) is 0 Å². The Labute approximate surface area is 160 Å². The van der Waals surface area contributed by atoms with Gasteiger partial charge in [-0.05, 0) is 84.7 Å². The molecular formula is C25H24O2. The zero-order valence-corrected chi connectivity index (χ0v) is 16.1. The van der Waals surface area contributed by atoms with E-state index in [1.165, 1.54) is 22.3 Å². The highest BCUT2D eigenvalue weighted by molar-refractivity contribution is 5.91. The second-order valence-corrected chi connectivity index (χ2v) is 7.68. The van der Waals surface area contributed by atoms with E-state index in [1.807, 2.05) is 55.5 Å². The minimum absolute atomic E-state index is 0.326. The standard InChI is InChI=1S/C25H24O2/c1-16-4-11-21(12-5-16)27-25(26)20-9-7-19(8-10-20)22-13-6-18(3)23-14-17(2)15-24(22)23/h4-13,17H,14-15H2,1-3H3. The van der Waals surface area contributed by atoms with Crippen LogP contribution in [0.15, 0.2) is 60.7 Å². The highest BCUT2D eigenvalue weighted by Gasteiger charge is 2.23. The van der Waals surface area contributed by atoms with Gasteiger partial charge in [0.05, 0.1) is 5.56 Å². The Kier molecular flexibility index (Phi) is 4.57. The molecule has 1 aliphatic rings. The fourth-order valence-corrected chi connectivity index (χ4v) is 3.93. The Bertz CT molecular complexity index is 982. The van der Waals surface area contributed by atoms with E-state index in [0.29, 0.717) is 17.2 Å². The molecule has 27 heavy (non-hydrogen) atoms. The van der Waals surface area contributed by atoms with Gasteiger partial charge in [0.2, 0.25) is 0 Å². The van der Waals surface area contributed by atoms with Crippen LogP contribution in [0.1, 0.15) is 39.5 Å². The van der Waals surface area contributed by atoms with E-state index in [9.17, 15) is 4.79 Å². The summed E-state index contributed by atoms with van der Waals surface area (Å²) in [5.41, 5.74) is 8.51. The van der Waals surface area contributed by atoms with Crippen molar-refractivity contribution in [1.29, 1.82) is 0 Å². The molecule has 0 saturated heterocycles. The SMILES string of the molecule is Cc1ccc(OC(=O)c2ccc(-c3ccc(C)c4c3CC(C)C4)cc2)cc1. The highest BCUT2D eigenvalue weighted by Crippen LogP contribution is 2.36. The van der Waals surface area contributed by atoms with Gasteiger partial charge in [0.15, 0.2) is 0 Å². The second-order valence-electron chi connectivity index (χ2n) is 7.68. The molecule has 3 aromatic carbocycles. The number of fused-ring (bicyclic) bond motifs is 1. The third kappa shape index (κ3) is 3.52. The van der Waals surface area contributed by atoms with Gasteiger partial charge in [-0.25, -0.2) is 4.79 Å². The molecule has 0 fully saturated rings. The van der Waals surface area contributed by atoms with Gasteiger partial charge >= 0.3 is 5.97 Å². The zero-order chi connectivity index (χ0) is 19.0. The maximum Gasteiger partial charge on any atom is 0.343 e. The number of hydrogen-bond donors (Lipinski definition) is 0. The number of rotatable bonds is 3. The Balaban J connectivity index is 1.57. The summed E-state index contributed by atoms with van der Waals surface area (Å²) in [5, 5.41) is 0. The lowest BCUT2D eigenvalue weighted by Gasteiger charge is -2.12. The maximum absolute atomic E-state index is 12.4. The molecule has 0 radical (unpaired) electrons. The number of esters is 1. The van der Waals surface area contributed by atoms with Crippen molar-refractivity contribution in [2.75, 3.05) is 0 Å². The topological polar surface area (TPSA) is 26.3 Å². The van der Waals surface area contributed by atoms with Gasteiger partial charge in [-0.15, -0.1) is 0 Å². The maximum atomic E-state index is 12.4. The molecule has 1 atom stereocenters. The summed E-state index contributed by atoms with van der Waals surface area (Å²) >= 11 is 0. The Morgan fingerprint density at radius 2 is 1.52 bits per heavy atom. The first-order valence-corrected chi connectivity index (χ1v) is 9.52. The molecule has 2 heteroatoms. The lowest BCUT2D eigenvalue weighted by atomic mass is 9.93. The smallest absolute Gasteiger partial charge is 0.343 e. The Morgan fingerprint density at radius 3 is 2.22 bits per heavy atom. The summed E-state index contributed by atoms with van der Waals surface area (Å²) < 4.78 is 5.47. The van der Waals surface area contributed by atoms with Crippen molar-refractivity contribution >= 4 is 5.97 Å². The van der Waals surface area contributed by atoms with Gasteiger partial charge < -0.3 is 4.74 Å². The zero-order valence-electron chi connectivity index (χ0n) is 16.1. The normalized spacial score (nSPS) is 15.4. The predicted octanol–water partition coefficient (Wildman–Crippen LogP) is 5.92. The molecule has 0 heterocycles. The van der Waals surface area contributed by atoms with Crippen LogP contribution in [-0.2, 0) is 12.8 Å². The number of aryl methyl sites for hydroxylation is 2. The average Bonchev–Trinajstić information content (AvgIpc) is 3.06. The van der Waals surface area contributed by atoms with Crippen LogP contribution in [0.25, 0.3) is 11.1 Å². The van der Waals surface area contributed by atoms with Crippen LogP contribution in [0.2, 0.25) is 0 Å².